The lowest BCUT2D eigenvalue weighted by molar-refractivity contribution is 0.588. The van der Waals surface area contributed by atoms with E-state index >= 15 is 0 Å². The lowest BCUT2D eigenvalue weighted by Gasteiger charge is -2.07. The number of benzene rings is 1. The Bertz CT molecular complexity index is 1240. The number of fused-ring (bicyclic) bond motifs is 1. The van der Waals surface area contributed by atoms with Gasteiger partial charge in [-0.05, 0) is 36.2 Å². The zero-order valence-electron chi connectivity index (χ0n) is 15.6. The molecule has 0 radical (unpaired) electrons. The second kappa shape index (κ2) is 8.00. The van der Waals surface area contributed by atoms with E-state index in [1.807, 2.05) is 19.2 Å². The summed E-state index contributed by atoms with van der Waals surface area (Å²) < 4.78 is 16.6. The topological polar surface area (TPSA) is 68.5 Å². The van der Waals surface area contributed by atoms with Gasteiger partial charge < -0.3 is 4.98 Å². The van der Waals surface area contributed by atoms with Gasteiger partial charge in [0, 0.05) is 34.9 Å². The minimum Gasteiger partial charge on any atom is -0.339 e. The van der Waals surface area contributed by atoms with Crippen LogP contribution in [0.15, 0.2) is 41.3 Å². The normalized spacial score (nSPS) is 11.4. The van der Waals surface area contributed by atoms with Crippen molar-refractivity contribution in [1.82, 2.24) is 24.1 Å². The van der Waals surface area contributed by atoms with Gasteiger partial charge in [0.2, 0.25) is 5.95 Å². The molecule has 0 aliphatic rings. The molecule has 9 heteroatoms. The molecule has 0 spiro atoms. The number of aromatic nitrogens is 5. The highest BCUT2D eigenvalue weighted by atomic mass is 35.5. The summed E-state index contributed by atoms with van der Waals surface area (Å²) >= 11 is 12.3. The molecule has 0 aliphatic heterocycles. The van der Waals surface area contributed by atoms with Gasteiger partial charge in [-0.1, -0.05) is 36.2 Å². The highest BCUT2D eigenvalue weighted by molar-refractivity contribution is 6.35. The van der Waals surface area contributed by atoms with Crippen molar-refractivity contribution < 1.29 is 4.39 Å². The quantitative estimate of drug-likeness (QED) is 0.457. The molecule has 0 fully saturated rings. The third-order valence-corrected chi connectivity index (χ3v) is 5.23. The number of nitrogens with zero attached hydrogens (tertiary/aromatic N) is 4. The lowest BCUT2D eigenvalue weighted by atomic mass is 10.1. The van der Waals surface area contributed by atoms with Gasteiger partial charge in [0.05, 0.1) is 12.1 Å². The molecule has 1 N–H and O–H groups in total. The molecule has 0 aliphatic carbocycles. The summed E-state index contributed by atoms with van der Waals surface area (Å²) in [5.74, 6) is -0.0612. The van der Waals surface area contributed by atoms with Crippen LogP contribution in [-0.4, -0.2) is 24.1 Å². The maximum atomic E-state index is 13.3. The standard InChI is InChI=1S/C20H18Cl2FN5O/c1-2-7-28-14(8-12-3-4-13(21)9-15(12)22)10-27(20(28)29)11-18-24-16-5-6-17(23)25-19(16)26-18/h3-6,9-10H,2,7-8,11H2,1H3,(H,24,25,26). The first-order valence-corrected chi connectivity index (χ1v) is 9.94. The highest BCUT2D eigenvalue weighted by Crippen LogP contribution is 2.23. The third-order valence-electron chi connectivity index (χ3n) is 4.64. The first-order chi connectivity index (χ1) is 13.9. The van der Waals surface area contributed by atoms with Gasteiger partial charge in [0.1, 0.15) is 5.82 Å². The van der Waals surface area contributed by atoms with E-state index in [-0.39, 0.29) is 17.9 Å². The molecule has 0 unspecified atom stereocenters. The van der Waals surface area contributed by atoms with E-state index in [2.05, 4.69) is 15.0 Å². The van der Waals surface area contributed by atoms with Gasteiger partial charge >= 0.3 is 5.69 Å². The molecule has 4 aromatic rings. The Balaban J connectivity index is 1.68. The molecule has 3 heterocycles. The molecule has 0 bridgehead atoms. The van der Waals surface area contributed by atoms with Gasteiger partial charge in [0.15, 0.2) is 5.65 Å². The number of nitrogens with one attached hydrogen (secondary N) is 1. The molecule has 0 saturated carbocycles. The third kappa shape index (κ3) is 4.06. The number of pyridine rings is 1. The highest BCUT2D eigenvalue weighted by Gasteiger charge is 2.15. The summed E-state index contributed by atoms with van der Waals surface area (Å²) in [5, 5.41) is 1.13. The van der Waals surface area contributed by atoms with Crippen molar-refractivity contribution in [2.75, 3.05) is 0 Å². The number of hydrogen-bond acceptors (Lipinski definition) is 3. The maximum Gasteiger partial charge on any atom is 0.328 e. The number of rotatable bonds is 6. The van der Waals surface area contributed by atoms with Crippen LogP contribution in [0.1, 0.15) is 30.4 Å². The molecular weight excluding hydrogens is 416 g/mol. The molecule has 6 nitrogen and oxygen atoms in total. The summed E-state index contributed by atoms with van der Waals surface area (Å²) in [6.45, 7) is 2.84. The van der Waals surface area contributed by atoms with Crippen LogP contribution in [0.3, 0.4) is 0 Å². The number of aromatic amines is 1. The monoisotopic (exact) mass is 433 g/mol. The Morgan fingerprint density at radius 3 is 2.76 bits per heavy atom. The number of imidazole rings is 2. The van der Waals surface area contributed by atoms with Gasteiger partial charge in [-0.3, -0.25) is 9.13 Å². The summed E-state index contributed by atoms with van der Waals surface area (Å²) in [4.78, 5) is 24.1. The summed E-state index contributed by atoms with van der Waals surface area (Å²) in [5.41, 5.74) is 2.51. The summed E-state index contributed by atoms with van der Waals surface area (Å²) in [6, 6.07) is 8.18. The minimum atomic E-state index is -0.594. The second-order valence-electron chi connectivity index (χ2n) is 6.78. The molecule has 1 aromatic carbocycles. The molecule has 4 rings (SSSR count). The largest absolute Gasteiger partial charge is 0.339 e. The molecule has 0 saturated heterocycles. The van der Waals surface area contributed by atoms with Crippen LogP contribution in [-0.2, 0) is 19.5 Å². The van der Waals surface area contributed by atoms with Gasteiger partial charge in [-0.2, -0.15) is 9.37 Å². The SMILES string of the molecule is CCCn1c(Cc2ccc(Cl)cc2Cl)cn(Cc2nc3nc(F)ccc3[nH]2)c1=O. The van der Waals surface area contributed by atoms with Crippen LogP contribution in [0, 0.1) is 5.95 Å². The molecular formula is C20H18Cl2FN5O. The molecule has 29 heavy (non-hydrogen) atoms. The first kappa shape index (κ1) is 19.7. The fraction of sp³-hybridized carbons (Fsp3) is 0.250. The van der Waals surface area contributed by atoms with Crippen LogP contribution in [0.25, 0.3) is 11.2 Å². The zero-order chi connectivity index (χ0) is 20.5. The predicted molar refractivity (Wildman–Crippen MR) is 111 cm³/mol. The van der Waals surface area contributed by atoms with E-state index in [1.54, 1.807) is 27.3 Å². The number of halogens is 3. The summed E-state index contributed by atoms with van der Waals surface area (Å²) in [7, 11) is 0. The molecule has 0 amide bonds. The fourth-order valence-corrected chi connectivity index (χ4v) is 3.79. The maximum absolute atomic E-state index is 13.3. The Labute approximate surface area is 175 Å². The second-order valence-corrected chi connectivity index (χ2v) is 7.63. The van der Waals surface area contributed by atoms with Crippen LogP contribution in [0.4, 0.5) is 4.39 Å². The van der Waals surface area contributed by atoms with Crippen molar-refractivity contribution in [3.05, 3.63) is 80.1 Å². The Morgan fingerprint density at radius 2 is 2.00 bits per heavy atom. The lowest BCUT2D eigenvalue weighted by Crippen LogP contribution is -2.25. The van der Waals surface area contributed by atoms with Crippen LogP contribution >= 0.6 is 23.2 Å². The first-order valence-electron chi connectivity index (χ1n) is 9.18. The smallest absolute Gasteiger partial charge is 0.328 e. The van der Waals surface area contributed by atoms with E-state index in [1.165, 1.54) is 6.07 Å². The van der Waals surface area contributed by atoms with Crippen LogP contribution in [0.5, 0.6) is 0 Å². The van der Waals surface area contributed by atoms with Crippen molar-refractivity contribution in [2.24, 2.45) is 0 Å². The van der Waals surface area contributed by atoms with Crippen LogP contribution < -0.4 is 5.69 Å². The van der Waals surface area contributed by atoms with Crippen molar-refractivity contribution in [1.29, 1.82) is 0 Å². The molecule has 150 valence electrons. The number of hydrogen-bond donors (Lipinski definition) is 1. The predicted octanol–water partition coefficient (Wildman–Crippen LogP) is 4.42. The Hall–Kier alpha value is -2.64. The average molecular weight is 434 g/mol. The summed E-state index contributed by atoms with van der Waals surface area (Å²) in [6.07, 6.45) is 3.13. The van der Waals surface area contributed by atoms with Crippen molar-refractivity contribution >= 4 is 34.4 Å². The van der Waals surface area contributed by atoms with Gasteiger partial charge in [-0.15, -0.1) is 0 Å². The van der Waals surface area contributed by atoms with Crippen molar-refractivity contribution in [3.63, 3.8) is 0 Å². The van der Waals surface area contributed by atoms with E-state index in [0.29, 0.717) is 34.4 Å². The Kier molecular flexibility index (Phi) is 5.43. The van der Waals surface area contributed by atoms with E-state index in [4.69, 9.17) is 23.2 Å². The molecule has 0 atom stereocenters. The van der Waals surface area contributed by atoms with Crippen molar-refractivity contribution in [2.45, 2.75) is 32.9 Å². The number of H-pyrrole nitrogens is 1. The minimum absolute atomic E-state index is 0.133. The van der Waals surface area contributed by atoms with E-state index in [9.17, 15) is 9.18 Å². The van der Waals surface area contributed by atoms with Crippen molar-refractivity contribution in [3.8, 4) is 0 Å². The van der Waals surface area contributed by atoms with E-state index < -0.39 is 5.95 Å². The Morgan fingerprint density at radius 1 is 1.17 bits per heavy atom. The fourth-order valence-electron chi connectivity index (χ4n) is 3.32. The zero-order valence-corrected chi connectivity index (χ0v) is 17.1. The average Bonchev–Trinajstić information content (AvgIpc) is 3.19. The molecule has 3 aromatic heterocycles. The van der Waals surface area contributed by atoms with Crippen LogP contribution in [0.2, 0.25) is 10.0 Å². The van der Waals surface area contributed by atoms with E-state index in [0.717, 1.165) is 17.7 Å². The van der Waals surface area contributed by atoms with Gasteiger partial charge in [-0.25, -0.2) is 9.78 Å². The van der Waals surface area contributed by atoms with Gasteiger partial charge in [0.25, 0.3) is 0 Å².